The number of amides is 1. The normalized spacial score (nSPS) is 22.0. The van der Waals surface area contributed by atoms with Crippen LogP contribution < -0.4 is 15.2 Å². The molecule has 0 spiro atoms. The molecule has 32 heavy (non-hydrogen) atoms. The molecule has 1 amide bonds. The number of carbonyl (C=O) groups excluding carboxylic acids is 1. The fraction of sp³-hybridized carbons (Fsp3) is 0.391. The van der Waals surface area contributed by atoms with Crippen LogP contribution in [0.15, 0.2) is 47.6 Å². The number of hydrogen-bond donors (Lipinski definition) is 2. The van der Waals surface area contributed by atoms with Gasteiger partial charge >= 0.3 is 0 Å². The topological polar surface area (TPSA) is 77.4 Å². The number of ether oxygens (including phenoxy) is 1. The molecule has 1 saturated heterocycles. The van der Waals surface area contributed by atoms with Crippen molar-refractivity contribution in [1.29, 1.82) is 0 Å². The van der Waals surface area contributed by atoms with Crippen molar-refractivity contribution in [3.63, 3.8) is 0 Å². The number of rotatable bonds is 5. The number of hydrogen-bond acceptors (Lipinski definition) is 6. The van der Waals surface area contributed by atoms with Crippen LogP contribution in [0.5, 0.6) is 5.75 Å². The van der Waals surface area contributed by atoms with E-state index in [2.05, 4.69) is 5.43 Å². The van der Waals surface area contributed by atoms with Gasteiger partial charge in [-0.1, -0.05) is 42.3 Å². The average Bonchev–Trinajstić information content (AvgIpc) is 3.12. The Kier molecular flexibility index (Phi) is 6.90. The van der Waals surface area contributed by atoms with Crippen LogP contribution in [-0.4, -0.2) is 48.0 Å². The van der Waals surface area contributed by atoms with E-state index in [1.54, 1.807) is 24.3 Å². The molecular formula is C23H26Cl2N4O3. The number of nitrogens with zero attached hydrogens (tertiary/aromatic N) is 3. The zero-order valence-electron chi connectivity index (χ0n) is 18.0. The quantitative estimate of drug-likeness (QED) is 0.680. The van der Waals surface area contributed by atoms with Gasteiger partial charge in [0.15, 0.2) is 0 Å². The van der Waals surface area contributed by atoms with Crippen LogP contribution in [0.2, 0.25) is 10.0 Å². The van der Waals surface area contributed by atoms with Crippen molar-refractivity contribution in [2.75, 3.05) is 25.2 Å². The molecule has 9 heteroatoms. The molecule has 2 aliphatic rings. The summed E-state index contributed by atoms with van der Waals surface area (Å²) < 4.78 is 5.29. The minimum Gasteiger partial charge on any atom is -0.497 e. The lowest BCUT2D eigenvalue weighted by atomic mass is 9.91. The largest absolute Gasteiger partial charge is 0.497 e. The van der Waals surface area contributed by atoms with Gasteiger partial charge in [0.2, 0.25) is 0 Å². The van der Waals surface area contributed by atoms with Gasteiger partial charge in [-0.05, 0) is 48.7 Å². The van der Waals surface area contributed by atoms with E-state index in [0.717, 1.165) is 11.3 Å². The molecule has 0 radical (unpaired) electrons. The Morgan fingerprint density at radius 2 is 1.84 bits per heavy atom. The summed E-state index contributed by atoms with van der Waals surface area (Å²) in [7, 11) is 1.62. The van der Waals surface area contributed by atoms with Gasteiger partial charge in [-0.25, -0.2) is 5.01 Å². The standard InChI is InChI=1S/C23H26Cl2N4O3/c1-14-21(23(31)27-28-11-9-17(30)10-12-28)26-29(20-8-5-16(24)13-19(20)25)22(14)15-3-6-18(32-2)7-4-15/h3-8,13-14,17,22,30H,9-12H2,1-2H3,(H,27,31)/t14-,22+/m1/s1. The van der Waals surface area contributed by atoms with Gasteiger partial charge in [-0.2, -0.15) is 5.10 Å². The van der Waals surface area contributed by atoms with E-state index in [4.69, 9.17) is 33.0 Å². The fourth-order valence-corrected chi connectivity index (χ4v) is 4.66. The summed E-state index contributed by atoms with van der Waals surface area (Å²) in [5, 5.41) is 19.0. The van der Waals surface area contributed by atoms with Crippen molar-refractivity contribution in [2.45, 2.75) is 31.9 Å². The molecule has 2 aromatic rings. The first-order chi connectivity index (χ1) is 15.4. The van der Waals surface area contributed by atoms with Crippen molar-refractivity contribution in [1.82, 2.24) is 10.4 Å². The van der Waals surface area contributed by atoms with Crippen molar-refractivity contribution < 1.29 is 14.6 Å². The van der Waals surface area contributed by atoms with E-state index in [1.165, 1.54) is 0 Å². The SMILES string of the molecule is COc1ccc([C@@H]2[C@H](C)C(C(=O)NN3CCC(O)CC3)=NN2c2ccc(Cl)cc2Cl)cc1. The number of methoxy groups -OCH3 is 1. The number of aliphatic hydroxyl groups is 1. The number of aliphatic hydroxyl groups excluding tert-OH is 1. The van der Waals surface area contributed by atoms with Gasteiger partial charge < -0.3 is 9.84 Å². The lowest BCUT2D eigenvalue weighted by Gasteiger charge is -2.30. The number of benzene rings is 2. The van der Waals surface area contributed by atoms with Crippen molar-refractivity contribution in [3.05, 3.63) is 58.1 Å². The molecule has 0 saturated carbocycles. The number of nitrogens with one attached hydrogen (secondary N) is 1. The third-order valence-electron chi connectivity index (χ3n) is 5.95. The van der Waals surface area contributed by atoms with Crippen LogP contribution in [0.3, 0.4) is 0 Å². The smallest absolute Gasteiger partial charge is 0.282 e. The summed E-state index contributed by atoms with van der Waals surface area (Å²) in [6, 6.07) is 12.7. The molecule has 2 aromatic carbocycles. The van der Waals surface area contributed by atoms with Crippen LogP contribution in [0.25, 0.3) is 0 Å². The van der Waals surface area contributed by atoms with Crippen molar-refractivity contribution >= 4 is 40.5 Å². The molecule has 0 unspecified atom stereocenters. The lowest BCUT2D eigenvalue weighted by Crippen LogP contribution is -2.50. The zero-order valence-corrected chi connectivity index (χ0v) is 19.5. The summed E-state index contributed by atoms with van der Waals surface area (Å²) in [6.07, 6.45) is 0.944. The molecule has 2 atom stereocenters. The summed E-state index contributed by atoms with van der Waals surface area (Å²) in [4.78, 5) is 13.2. The monoisotopic (exact) mass is 476 g/mol. The molecular weight excluding hydrogens is 451 g/mol. The molecule has 0 bridgehead atoms. The maximum Gasteiger partial charge on any atom is 0.282 e. The van der Waals surface area contributed by atoms with E-state index in [9.17, 15) is 9.90 Å². The van der Waals surface area contributed by atoms with Crippen LogP contribution in [0.4, 0.5) is 5.69 Å². The molecule has 0 aliphatic carbocycles. The van der Waals surface area contributed by atoms with Crippen molar-refractivity contribution in [3.8, 4) is 5.75 Å². The minimum atomic E-state index is -0.312. The Balaban J connectivity index is 1.65. The lowest BCUT2D eigenvalue weighted by molar-refractivity contribution is -0.120. The highest BCUT2D eigenvalue weighted by Gasteiger charge is 2.40. The molecule has 2 N–H and O–H groups in total. The van der Waals surface area contributed by atoms with Gasteiger partial charge in [-0.15, -0.1) is 0 Å². The van der Waals surface area contributed by atoms with E-state index in [0.29, 0.717) is 47.4 Å². The minimum absolute atomic E-state index is 0.203. The van der Waals surface area contributed by atoms with E-state index >= 15 is 0 Å². The molecule has 1 fully saturated rings. The summed E-state index contributed by atoms with van der Waals surface area (Å²) in [5.41, 5.74) is 5.03. The van der Waals surface area contributed by atoms with Crippen LogP contribution >= 0.6 is 23.2 Å². The summed E-state index contributed by atoms with van der Waals surface area (Å²) >= 11 is 12.6. The summed E-state index contributed by atoms with van der Waals surface area (Å²) in [6.45, 7) is 3.18. The number of hydrazone groups is 1. The predicted molar refractivity (Wildman–Crippen MR) is 126 cm³/mol. The molecule has 4 rings (SSSR count). The first-order valence-electron chi connectivity index (χ1n) is 10.6. The van der Waals surface area contributed by atoms with Gasteiger partial charge in [0.05, 0.1) is 30.0 Å². The van der Waals surface area contributed by atoms with Crippen LogP contribution in [0.1, 0.15) is 31.4 Å². The van der Waals surface area contributed by atoms with Gasteiger partial charge in [0.25, 0.3) is 5.91 Å². The highest BCUT2D eigenvalue weighted by molar-refractivity contribution is 6.41. The highest BCUT2D eigenvalue weighted by atomic mass is 35.5. The van der Waals surface area contributed by atoms with Crippen LogP contribution in [-0.2, 0) is 4.79 Å². The molecule has 170 valence electrons. The molecule has 2 aliphatic heterocycles. The second-order valence-corrected chi connectivity index (χ2v) is 8.94. The second-order valence-electron chi connectivity index (χ2n) is 8.09. The predicted octanol–water partition coefficient (Wildman–Crippen LogP) is 4.04. The maximum absolute atomic E-state index is 13.2. The maximum atomic E-state index is 13.2. The van der Waals surface area contributed by atoms with E-state index < -0.39 is 0 Å². The second kappa shape index (κ2) is 9.67. The third kappa shape index (κ3) is 4.71. The Bertz CT molecular complexity index is 1010. The van der Waals surface area contributed by atoms with E-state index in [-0.39, 0.29) is 24.0 Å². The Hall–Kier alpha value is -2.32. The number of anilines is 1. The molecule has 2 heterocycles. The Labute approximate surface area is 197 Å². The molecule has 0 aromatic heterocycles. The van der Waals surface area contributed by atoms with Crippen LogP contribution in [0, 0.1) is 5.92 Å². The van der Waals surface area contributed by atoms with E-state index in [1.807, 2.05) is 42.3 Å². The van der Waals surface area contributed by atoms with Gasteiger partial charge in [0, 0.05) is 24.0 Å². The average molecular weight is 477 g/mol. The molecule has 7 nitrogen and oxygen atoms in total. The fourth-order valence-electron chi connectivity index (χ4n) is 4.16. The van der Waals surface area contributed by atoms with Gasteiger partial charge in [0.1, 0.15) is 11.5 Å². The first kappa shape index (κ1) is 22.9. The third-order valence-corrected chi connectivity index (χ3v) is 6.49. The first-order valence-corrected chi connectivity index (χ1v) is 11.3. The zero-order chi connectivity index (χ0) is 22.8. The Morgan fingerprint density at radius 1 is 1.16 bits per heavy atom. The number of halogens is 2. The highest BCUT2D eigenvalue weighted by Crippen LogP contribution is 2.42. The number of piperidine rings is 1. The van der Waals surface area contributed by atoms with Gasteiger partial charge in [-0.3, -0.25) is 15.2 Å². The Morgan fingerprint density at radius 3 is 2.47 bits per heavy atom. The van der Waals surface area contributed by atoms with Crippen molar-refractivity contribution in [2.24, 2.45) is 11.0 Å². The number of hydrazine groups is 1. The number of carbonyl (C=O) groups is 1. The summed E-state index contributed by atoms with van der Waals surface area (Å²) in [5.74, 6) is 0.298.